The minimum Gasteiger partial charge on any atom is -0.350 e. The van der Waals surface area contributed by atoms with Crippen LogP contribution in [0, 0.1) is 0 Å². The van der Waals surface area contributed by atoms with Crippen LogP contribution in [0.1, 0.15) is 42.5 Å². The van der Waals surface area contributed by atoms with Gasteiger partial charge in [-0.3, -0.25) is 4.79 Å². The van der Waals surface area contributed by atoms with E-state index in [1.54, 1.807) is 24.1 Å². The van der Waals surface area contributed by atoms with Crippen LogP contribution in [0.15, 0.2) is 42.5 Å². The molecule has 2 N–H and O–H groups in total. The van der Waals surface area contributed by atoms with E-state index in [-0.39, 0.29) is 18.0 Å². The van der Waals surface area contributed by atoms with Crippen molar-refractivity contribution in [3.8, 4) is 0 Å². The van der Waals surface area contributed by atoms with E-state index in [2.05, 4.69) is 22.5 Å². The molecule has 0 unspecified atom stereocenters. The molecule has 3 amide bonds. The maximum Gasteiger partial charge on any atom is 0.321 e. The van der Waals surface area contributed by atoms with E-state index in [4.69, 9.17) is 0 Å². The average molecular weight is 408 g/mol. The molecule has 158 valence electrons. The molecule has 0 bridgehead atoms. The molecule has 3 rings (SSSR count). The summed E-state index contributed by atoms with van der Waals surface area (Å²) in [6.07, 6.45) is 0.845. The number of aromatic nitrogens is 2. The molecule has 0 aliphatic carbocycles. The van der Waals surface area contributed by atoms with E-state index >= 15 is 0 Å². The number of amides is 3. The lowest BCUT2D eigenvalue weighted by Gasteiger charge is -2.19. The van der Waals surface area contributed by atoms with Crippen LogP contribution < -0.4 is 10.6 Å². The number of carbonyl (C=O) groups excluding carboxylic acids is 2. The number of hydrogen-bond donors (Lipinski definition) is 2. The van der Waals surface area contributed by atoms with Gasteiger partial charge in [-0.05, 0) is 50.1 Å². The summed E-state index contributed by atoms with van der Waals surface area (Å²) in [5.74, 6) is 0.623. The van der Waals surface area contributed by atoms with E-state index in [9.17, 15) is 9.59 Å². The number of nitrogens with one attached hydrogen (secondary N) is 2. The van der Waals surface area contributed by atoms with Crippen molar-refractivity contribution in [1.82, 2.24) is 19.8 Å². The van der Waals surface area contributed by atoms with Gasteiger partial charge in [0.2, 0.25) is 0 Å². The fraction of sp³-hybridized carbons (Fsp3) is 0.348. The second kappa shape index (κ2) is 8.98. The predicted octanol–water partition coefficient (Wildman–Crippen LogP) is 3.94. The van der Waals surface area contributed by atoms with E-state index in [1.807, 2.05) is 55.8 Å². The molecule has 7 heteroatoms. The summed E-state index contributed by atoms with van der Waals surface area (Å²) in [6, 6.07) is 13.1. The molecule has 0 fully saturated rings. The first-order valence-corrected chi connectivity index (χ1v) is 10.2. The number of anilines is 1. The second-order valence-electron chi connectivity index (χ2n) is 7.72. The quantitative estimate of drug-likeness (QED) is 0.650. The highest BCUT2D eigenvalue weighted by molar-refractivity contribution is 5.97. The smallest absolute Gasteiger partial charge is 0.321 e. The Bertz CT molecular complexity index is 1070. The topological polar surface area (TPSA) is 79.3 Å². The summed E-state index contributed by atoms with van der Waals surface area (Å²) in [4.78, 5) is 31.2. The molecule has 30 heavy (non-hydrogen) atoms. The predicted molar refractivity (Wildman–Crippen MR) is 120 cm³/mol. The Morgan fingerprint density at radius 3 is 2.60 bits per heavy atom. The summed E-state index contributed by atoms with van der Waals surface area (Å²) < 4.78 is 1.95. The first-order chi connectivity index (χ1) is 14.3. The summed E-state index contributed by atoms with van der Waals surface area (Å²) in [7, 11) is 3.65. The number of urea groups is 1. The molecule has 2 aromatic carbocycles. The van der Waals surface area contributed by atoms with Crippen LogP contribution in [0.3, 0.4) is 0 Å². The Balaban J connectivity index is 1.76. The highest BCUT2D eigenvalue weighted by Gasteiger charge is 2.16. The standard InChI is InChI=1S/C23H29N5O2/c1-6-16-9-7-8-10-18(16)26-23(30)27(4)14-21-25-19-13-17(22(29)24-15(2)3)11-12-20(19)28(21)5/h7-13,15H,6,14H2,1-5H3,(H,24,29)(H,26,30). The van der Waals surface area contributed by atoms with Crippen molar-refractivity contribution in [1.29, 1.82) is 0 Å². The van der Waals surface area contributed by atoms with Crippen LogP contribution in [-0.2, 0) is 20.0 Å². The van der Waals surface area contributed by atoms with Crippen molar-refractivity contribution < 1.29 is 9.59 Å². The molecule has 0 aliphatic rings. The molecule has 0 saturated heterocycles. The lowest BCUT2D eigenvalue weighted by molar-refractivity contribution is 0.0943. The van der Waals surface area contributed by atoms with Crippen molar-refractivity contribution in [2.45, 2.75) is 39.8 Å². The van der Waals surface area contributed by atoms with E-state index in [0.717, 1.165) is 34.5 Å². The van der Waals surface area contributed by atoms with Crippen molar-refractivity contribution >= 4 is 28.7 Å². The van der Waals surface area contributed by atoms with Crippen molar-refractivity contribution in [3.05, 3.63) is 59.4 Å². The fourth-order valence-electron chi connectivity index (χ4n) is 3.32. The van der Waals surface area contributed by atoms with Gasteiger partial charge in [-0.1, -0.05) is 25.1 Å². The summed E-state index contributed by atoms with van der Waals surface area (Å²) in [5.41, 5.74) is 4.13. The molecule has 0 aliphatic heterocycles. The summed E-state index contributed by atoms with van der Waals surface area (Å²) in [6.45, 7) is 6.26. The maximum absolute atomic E-state index is 12.7. The normalized spacial score (nSPS) is 11.0. The van der Waals surface area contributed by atoms with Gasteiger partial charge in [-0.2, -0.15) is 0 Å². The molecule has 1 aromatic heterocycles. The van der Waals surface area contributed by atoms with Crippen molar-refractivity contribution in [2.75, 3.05) is 12.4 Å². The molecule has 3 aromatic rings. The summed E-state index contributed by atoms with van der Waals surface area (Å²) in [5, 5.41) is 5.86. The largest absolute Gasteiger partial charge is 0.350 e. The van der Waals surface area contributed by atoms with Gasteiger partial charge < -0.3 is 20.1 Å². The third kappa shape index (κ3) is 4.62. The van der Waals surface area contributed by atoms with Gasteiger partial charge in [0, 0.05) is 31.4 Å². The van der Waals surface area contributed by atoms with Crippen LogP contribution >= 0.6 is 0 Å². The number of fused-ring (bicyclic) bond motifs is 1. The number of carbonyl (C=O) groups is 2. The lowest BCUT2D eigenvalue weighted by atomic mass is 10.1. The number of aryl methyl sites for hydroxylation is 2. The van der Waals surface area contributed by atoms with Gasteiger partial charge in [-0.15, -0.1) is 0 Å². The number of rotatable bonds is 6. The average Bonchev–Trinajstić information content (AvgIpc) is 3.02. The minimum atomic E-state index is -0.194. The van der Waals surface area contributed by atoms with Gasteiger partial charge in [0.25, 0.3) is 5.91 Å². The van der Waals surface area contributed by atoms with Crippen LogP contribution in [0.25, 0.3) is 11.0 Å². The Hall–Kier alpha value is -3.35. The monoisotopic (exact) mass is 407 g/mol. The van der Waals surface area contributed by atoms with E-state index in [1.165, 1.54) is 0 Å². The lowest BCUT2D eigenvalue weighted by Crippen LogP contribution is -2.32. The van der Waals surface area contributed by atoms with Gasteiger partial charge in [-0.25, -0.2) is 9.78 Å². The van der Waals surface area contributed by atoms with Gasteiger partial charge in [0.15, 0.2) is 0 Å². The zero-order valence-corrected chi connectivity index (χ0v) is 18.2. The molecular weight excluding hydrogens is 378 g/mol. The van der Waals surface area contributed by atoms with E-state index < -0.39 is 0 Å². The molecule has 0 atom stereocenters. The van der Waals surface area contributed by atoms with Gasteiger partial charge >= 0.3 is 6.03 Å². The van der Waals surface area contributed by atoms with Crippen molar-refractivity contribution in [2.24, 2.45) is 7.05 Å². The first-order valence-electron chi connectivity index (χ1n) is 10.2. The molecule has 0 radical (unpaired) electrons. The molecule has 0 spiro atoms. The number of nitrogens with zero attached hydrogens (tertiary/aromatic N) is 3. The maximum atomic E-state index is 12.7. The first kappa shape index (κ1) is 21.4. The third-order valence-electron chi connectivity index (χ3n) is 5.02. The molecule has 0 saturated carbocycles. The molecule has 1 heterocycles. The third-order valence-corrected chi connectivity index (χ3v) is 5.02. The van der Waals surface area contributed by atoms with Gasteiger partial charge in [0.05, 0.1) is 17.6 Å². The summed E-state index contributed by atoms with van der Waals surface area (Å²) >= 11 is 0. The number of benzene rings is 2. The Labute approximate surface area is 177 Å². The number of imidazole rings is 1. The van der Waals surface area contributed by atoms with Crippen LogP contribution in [0.4, 0.5) is 10.5 Å². The minimum absolute atomic E-state index is 0.0671. The van der Waals surface area contributed by atoms with Crippen LogP contribution in [-0.4, -0.2) is 39.5 Å². The van der Waals surface area contributed by atoms with Gasteiger partial charge in [0.1, 0.15) is 5.82 Å². The number of hydrogen-bond acceptors (Lipinski definition) is 3. The molecular formula is C23H29N5O2. The zero-order chi connectivity index (χ0) is 21.8. The number of para-hydroxylation sites is 1. The SMILES string of the molecule is CCc1ccccc1NC(=O)N(C)Cc1nc2cc(C(=O)NC(C)C)ccc2n1C. The van der Waals surface area contributed by atoms with E-state index in [0.29, 0.717) is 12.1 Å². The fourth-order valence-corrected chi connectivity index (χ4v) is 3.32. The second-order valence-corrected chi connectivity index (χ2v) is 7.72. The molecule has 7 nitrogen and oxygen atoms in total. The zero-order valence-electron chi connectivity index (χ0n) is 18.2. The Kier molecular flexibility index (Phi) is 6.40. The highest BCUT2D eigenvalue weighted by Crippen LogP contribution is 2.19. The van der Waals surface area contributed by atoms with Crippen LogP contribution in [0.2, 0.25) is 0 Å². The Morgan fingerprint density at radius 2 is 1.90 bits per heavy atom. The van der Waals surface area contributed by atoms with Crippen molar-refractivity contribution in [3.63, 3.8) is 0 Å². The van der Waals surface area contributed by atoms with Crippen LogP contribution in [0.5, 0.6) is 0 Å². The Morgan fingerprint density at radius 1 is 1.17 bits per heavy atom. The highest BCUT2D eigenvalue weighted by atomic mass is 16.2.